The van der Waals surface area contributed by atoms with E-state index in [-0.39, 0.29) is 23.7 Å². The summed E-state index contributed by atoms with van der Waals surface area (Å²) in [5.74, 6) is 0.236. The third kappa shape index (κ3) is 3.90. The van der Waals surface area contributed by atoms with Crippen LogP contribution in [0.25, 0.3) is 0 Å². The molecule has 2 atom stereocenters. The number of halogens is 2. The molecule has 2 rings (SSSR count). The Kier molecular flexibility index (Phi) is 4.89. The molecule has 1 saturated heterocycles. The monoisotopic (exact) mass is 284 g/mol. The molecule has 0 bridgehead atoms. The Balaban J connectivity index is 2.01. The van der Waals surface area contributed by atoms with Crippen LogP contribution < -0.4 is 15.4 Å². The number of carbonyl (C=O) groups excluding carboxylic acids is 1. The summed E-state index contributed by atoms with van der Waals surface area (Å²) in [6.45, 7) is -0.386. The van der Waals surface area contributed by atoms with Gasteiger partial charge in [0.15, 0.2) is 0 Å². The first kappa shape index (κ1) is 14.7. The van der Waals surface area contributed by atoms with E-state index in [1.165, 1.54) is 6.07 Å². The number of hydrogen-bond donors (Lipinski definition) is 2. The number of para-hydroxylation sites is 1. The minimum atomic E-state index is -2.84. The highest BCUT2D eigenvalue weighted by Crippen LogP contribution is 2.27. The second kappa shape index (κ2) is 6.65. The lowest BCUT2D eigenvalue weighted by molar-refractivity contribution is -0.122. The second-order valence-corrected chi connectivity index (χ2v) is 4.84. The van der Waals surface area contributed by atoms with Crippen molar-refractivity contribution in [3.05, 3.63) is 29.8 Å². The number of rotatable bonds is 5. The zero-order valence-corrected chi connectivity index (χ0v) is 11.2. The third-order valence-corrected chi connectivity index (χ3v) is 3.35. The van der Waals surface area contributed by atoms with Crippen LogP contribution in [0.2, 0.25) is 0 Å². The van der Waals surface area contributed by atoms with Gasteiger partial charge in [-0.2, -0.15) is 8.78 Å². The van der Waals surface area contributed by atoms with E-state index in [9.17, 15) is 13.6 Å². The average molecular weight is 284 g/mol. The van der Waals surface area contributed by atoms with E-state index in [4.69, 9.17) is 0 Å². The summed E-state index contributed by atoms with van der Waals surface area (Å²) in [5, 5.41) is 6.11. The fourth-order valence-electron chi connectivity index (χ4n) is 2.36. The number of ether oxygens (including phenoxy) is 1. The van der Waals surface area contributed by atoms with Crippen molar-refractivity contribution in [1.29, 1.82) is 0 Å². The van der Waals surface area contributed by atoms with Crippen LogP contribution in [0.4, 0.5) is 8.78 Å². The summed E-state index contributed by atoms with van der Waals surface area (Å²) in [6, 6.07) is 6.75. The topological polar surface area (TPSA) is 50.4 Å². The number of carbonyl (C=O) groups is 1. The third-order valence-electron chi connectivity index (χ3n) is 3.35. The number of nitrogens with one attached hydrogen (secondary N) is 2. The molecule has 0 aliphatic carbocycles. The molecule has 0 saturated carbocycles. The summed E-state index contributed by atoms with van der Waals surface area (Å²) < 4.78 is 29.3. The predicted octanol–water partition coefficient (Wildman–Crippen LogP) is 2.22. The molecule has 1 amide bonds. The highest BCUT2D eigenvalue weighted by Gasteiger charge is 2.21. The van der Waals surface area contributed by atoms with Gasteiger partial charge in [0, 0.05) is 30.6 Å². The SMILES string of the molecule is CC(NC1CCC(=O)NC1)c1ccccc1OC(F)F. The molecule has 1 aliphatic heterocycles. The molecule has 2 N–H and O–H groups in total. The fraction of sp³-hybridized carbons (Fsp3) is 0.500. The van der Waals surface area contributed by atoms with E-state index in [1.54, 1.807) is 18.2 Å². The van der Waals surface area contributed by atoms with Crippen LogP contribution in [0.3, 0.4) is 0 Å². The lowest BCUT2D eigenvalue weighted by Gasteiger charge is -2.27. The summed E-state index contributed by atoms with van der Waals surface area (Å²) in [5.41, 5.74) is 0.685. The van der Waals surface area contributed by atoms with Crippen LogP contribution in [0.1, 0.15) is 31.4 Å². The van der Waals surface area contributed by atoms with E-state index in [0.717, 1.165) is 6.42 Å². The average Bonchev–Trinajstić information content (AvgIpc) is 2.41. The summed E-state index contributed by atoms with van der Waals surface area (Å²) in [7, 11) is 0. The maximum atomic E-state index is 12.4. The molecule has 0 aromatic heterocycles. The summed E-state index contributed by atoms with van der Waals surface area (Å²) >= 11 is 0. The zero-order valence-electron chi connectivity index (χ0n) is 11.2. The van der Waals surface area contributed by atoms with Gasteiger partial charge in [-0.25, -0.2) is 0 Å². The van der Waals surface area contributed by atoms with Crippen LogP contribution in [-0.2, 0) is 4.79 Å². The number of alkyl halides is 2. The van der Waals surface area contributed by atoms with Crippen LogP contribution >= 0.6 is 0 Å². The zero-order chi connectivity index (χ0) is 14.5. The van der Waals surface area contributed by atoms with Gasteiger partial charge in [-0.05, 0) is 19.4 Å². The highest BCUT2D eigenvalue weighted by atomic mass is 19.3. The maximum absolute atomic E-state index is 12.4. The molecule has 1 aromatic rings. The number of piperidine rings is 1. The highest BCUT2D eigenvalue weighted by molar-refractivity contribution is 5.76. The van der Waals surface area contributed by atoms with E-state index in [0.29, 0.717) is 18.5 Å². The largest absolute Gasteiger partial charge is 0.434 e. The van der Waals surface area contributed by atoms with Gasteiger partial charge in [-0.3, -0.25) is 4.79 Å². The van der Waals surface area contributed by atoms with Gasteiger partial charge in [0.1, 0.15) is 5.75 Å². The van der Waals surface area contributed by atoms with E-state index in [2.05, 4.69) is 15.4 Å². The summed E-state index contributed by atoms with van der Waals surface area (Å²) in [6.07, 6.45) is 1.23. The van der Waals surface area contributed by atoms with Crippen molar-refractivity contribution in [1.82, 2.24) is 10.6 Å². The fourth-order valence-corrected chi connectivity index (χ4v) is 2.36. The van der Waals surface area contributed by atoms with Gasteiger partial charge in [0.2, 0.25) is 5.91 Å². The van der Waals surface area contributed by atoms with Crippen LogP contribution in [0.15, 0.2) is 24.3 Å². The number of amides is 1. The number of hydrogen-bond acceptors (Lipinski definition) is 3. The van der Waals surface area contributed by atoms with Crippen molar-refractivity contribution in [3.8, 4) is 5.75 Å². The minimum Gasteiger partial charge on any atom is -0.434 e. The van der Waals surface area contributed by atoms with Crippen molar-refractivity contribution in [2.75, 3.05) is 6.54 Å². The van der Waals surface area contributed by atoms with E-state index < -0.39 is 6.61 Å². The van der Waals surface area contributed by atoms with Gasteiger partial charge >= 0.3 is 6.61 Å². The molecule has 110 valence electrons. The molecular formula is C14H18F2N2O2. The molecule has 1 aliphatic rings. The minimum absolute atomic E-state index is 0.0529. The Morgan fingerprint density at radius 2 is 2.15 bits per heavy atom. The predicted molar refractivity (Wildman–Crippen MR) is 70.7 cm³/mol. The van der Waals surface area contributed by atoms with Gasteiger partial charge in [0.05, 0.1) is 0 Å². The Labute approximate surface area is 116 Å². The van der Waals surface area contributed by atoms with E-state index >= 15 is 0 Å². The van der Waals surface area contributed by atoms with Gasteiger partial charge in [-0.15, -0.1) is 0 Å². The van der Waals surface area contributed by atoms with Gasteiger partial charge < -0.3 is 15.4 Å². The molecule has 0 spiro atoms. The Morgan fingerprint density at radius 1 is 1.40 bits per heavy atom. The first-order chi connectivity index (χ1) is 9.56. The van der Waals surface area contributed by atoms with E-state index in [1.807, 2.05) is 6.92 Å². The Morgan fingerprint density at radius 3 is 2.80 bits per heavy atom. The molecule has 20 heavy (non-hydrogen) atoms. The standard InChI is InChI=1S/C14H18F2N2O2/c1-9(18-10-6-7-13(19)17-8-10)11-4-2-3-5-12(11)20-14(15)16/h2-5,9-10,14,18H,6-8H2,1H3,(H,17,19). The molecule has 1 heterocycles. The Hall–Kier alpha value is -1.69. The van der Waals surface area contributed by atoms with Crippen LogP contribution in [0, 0.1) is 0 Å². The first-order valence-electron chi connectivity index (χ1n) is 6.62. The van der Waals surface area contributed by atoms with Gasteiger partial charge in [-0.1, -0.05) is 18.2 Å². The quantitative estimate of drug-likeness (QED) is 0.871. The van der Waals surface area contributed by atoms with Crippen molar-refractivity contribution in [3.63, 3.8) is 0 Å². The van der Waals surface area contributed by atoms with Crippen molar-refractivity contribution < 1.29 is 18.3 Å². The Bertz CT molecular complexity index is 458. The normalized spacial score (nSPS) is 20.6. The second-order valence-electron chi connectivity index (χ2n) is 4.84. The van der Waals surface area contributed by atoms with Crippen molar-refractivity contribution in [2.45, 2.75) is 38.5 Å². The number of benzene rings is 1. The molecular weight excluding hydrogens is 266 g/mol. The van der Waals surface area contributed by atoms with Gasteiger partial charge in [0.25, 0.3) is 0 Å². The summed E-state index contributed by atoms with van der Waals surface area (Å²) in [4.78, 5) is 11.1. The van der Waals surface area contributed by atoms with Crippen molar-refractivity contribution >= 4 is 5.91 Å². The smallest absolute Gasteiger partial charge is 0.387 e. The lowest BCUT2D eigenvalue weighted by atomic mass is 10.0. The molecule has 4 nitrogen and oxygen atoms in total. The van der Waals surface area contributed by atoms with Crippen molar-refractivity contribution in [2.24, 2.45) is 0 Å². The molecule has 1 fully saturated rings. The lowest BCUT2D eigenvalue weighted by Crippen LogP contribution is -2.46. The molecule has 0 radical (unpaired) electrons. The van der Waals surface area contributed by atoms with Crippen LogP contribution in [0.5, 0.6) is 5.75 Å². The molecule has 6 heteroatoms. The van der Waals surface area contributed by atoms with Crippen LogP contribution in [-0.4, -0.2) is 25.1 Å². The maximum Gasteiger partial charge on any atom is 0.387 e. The first-order valence-corrected chi connectivity index (χ1v) is 6.62. The molecule has 2 unspecified atom stereocenters. The molecule has 1 aromatic carbocycles.